The van der Waals surface area contributed by atoms with E-state index in [2.05, 4.69) is 241 Å². The number of aromatic nitrogens is 3. The Kier molecular flexibility index (Phi) is 9.13. The first kappa shape index (κ1) is 41.4. The first-order valence-corrected chi connectivity index (χ1v) is 26.4. The second-order valence-corrected chi connectivity index (χ2v) is 21.1. The van der Waals surface area contributed by atoms with E-state index in [0.29, 0.717) is 0 Å². The molecule has 6 nitrogen and oxygen atoms in total. The predicted octanol–water partition coefficient (Wildman–Crippen LogP) is 18.3. The molecular formula is C66H44N5OP. The van der Waals surface area contributed by atoms with E-state index in [4.69, 9.17) is 0 Å². The van der Waals surface area contributed by atoms with Gasteiger partial charge < -0.3 is 9.13 Å². The zero-order valence-corrected chi connectivity index (χ0v) is 40.4. The fourth-order valence-corrected chi connectivity index (χ4v) is 15.0. The number of hydrogen-bond donors (Lipinski definition) is 0. The Bertz CT molecular complexity index is 4260. The van der Waals surface area contributed by atoms with Crippen molar-refractivity contribution >= 4 is 95.8 Å². The van der Waals surface area contributed by atoms with Crippen molar-refractivity contribution in [2.24, 2.45) is 0 Å². The summed E-state index contributed by atoms with van der Waals surface area (Å²) in [4.78, 5) is 0. The molecule has 73 heavy (non-hydrogen) atoms. The predicted molar refractivity (Wildman–Crippen MR) is 306 cm³/mol. The van der Waals surface area contributed by atoms with Crippen LogP contribution in [0.15, 0.2) is 267 Å². The number of hydrogen-bond acceptors (Lipinski definition) is 1. The van der Waals surface area contributed by atoms with Crippen molar-refractivity contribution in [3.05, 3.63) is 267 Å². The van der Waals surface area contributed by atoms with Crippen LogP contribution < -0.4 is 9.34 Å². The fourth-order valence-electron chi connectivity index (χ4n) is 11.7. The summed E-state index contributed by atoms with van der Waals surface area (Å²) in [5.74, 6) is 0. The highest BCUT2D eigenvalue weighted by Gasteiger charge is 2.50. The standard InChI is InChI=1S/C66H44N5OP/c72-73(69(51-23-9-3-10-24-51)63-31-17-18-32-64(63)70(73)52-25-11-4-12-26-52)71-61-39-35-45(47-33-37-55-53-27-13-15-29-59(53)67(65(55)43-47)49-19-5-1-6-20-49)41-57(61)58-42-46(36-40-62(58)71)48-34-38-56-54-28-14-16-30-60(54)68(66(56)44-48)50-21-7-2-8-22-50/h1-44H. The van der Waals surface area contributed by atoms with Crippen LogP contribution in [0.25, 0.3) is 99.0 Å². The molecule has 1 aliphatic rings. The molecule has 344 valence electrons. The molecule has 3 aromatic heterocycles. The zero-order chi connectivity index (χ0) is 48.2. The monoisotopic (exact) mass is 953 g/mol. The quantitative estimate of drug-likeness (QED) is 0.149. The van der Waals surface area contributed by atoms with Crippen LogP contribution in [0.4, 0.5) is 22.7 Å². The Morgan fingerprint density at radius 1 is 0.247 bits per heavy atom. The maximum Gasteiger partial charge on any atom is 0.374 e. The number of fused-ring (bicyclic) bond motifs is 10. The minimum atomic E-state index is -3.89. The Morgan fingerprint density at radius 3 is 1.00 bits per heavy atom. The molecule has 0 amide bonds. The lowest BCUT2D eigenvalue weighted by atomic mass is 9.99. The Balaban J connectivity index is 1.00. The lowest BCUT2D eigenvalue weighted by Gasteiger charge is -2.34. The van der Waals surface area contributed by atoms with Gasteiger partial charge in [0.2, 0.25) is 0 Å². The second-order valence-electron chi connectivity index (χ2n) is 18.9. The highest BCUT2D eigenvalue weighted by Crippen LogP contribution is 2.72. The average Bonchev–Trinajstić information content (AvgIpc) is 4.19. The molecule has 0 saturated carbocycles. The van der Waals surface area contributed by atoms with Gasteiger partial charge >= 0.3 is 7.59 Å². The first-order valence-electron chi connectivity index (χ1n) is 24.8. The molecule has 0 unspecified atom stereocenters. The summed E-state index contributed by atoms with van der Waals surface area (Å²) in [6.45, 7) is 0. The second kappa shape index (κ2) is 16.1. The average molecular weight is 954 g/mol. The fraction of sp³-hybridized carbons (Fsp3) is 0. The Labute approximate surface area is 421 Å². The van der Waals surface area contributed by atoms with Gasteiger partial charge in [-0.05, 0) is 131 Å². The van der Waals surface area contributed by atoms with Crippen molar-refractivity contribution in [3.63, 3.8) is 0 Å². The summed E-state index contributed by atoms with van der Waals surface area (Å²) in [5.41, 5.74) is 16.4. The smallest absolute Gasteiger partial charge is 0.309 e. The summed E-state index contributed by atoms with van der Waals surface area (Å²) in [5, 5.41) is 6.88. The van der Waals surface area contributed by atoms with Crippen molar-refractivity contribution in [2.45, 2.75) is 0 Å². The van der Waals surface area contributed by atoms with E-state index in [1.54, 1.807) is 0 Å². The molecule has 0 saturated heterocycles. The summed E-state index contributed by atoms with van der Waals surface area (Å²) in [6, 6.07) is 94.4. The van der Waals surface area contributed by atoms with Crippen molar-refractivity contribution in [1.82, 2.24) is 13.5 Å². The lowest BCUT2D eigenvalue weighted by molar-refractivity contribution is 0.572. The molecule has 0 atom stereocenters. The van der Waals surface area contributed by atoms with E-state index in [-0.39, 0.29) is 0 Å². The van der Waals surface area contributed by atoms with Crippen LogP contribution >= 0.6 is 7.59 Å². The molecule has 0 bridgehead atoms. The van der Waals surface area contributed by atoms with Crippen molar-refractivity contribution < 1.29 is 4.57 Å². The minimum absolute atomic E-state index is 0.851. The molecular weight excluding hydrogens is 910 g/mol. The Hall–Kier alpha value is -9.35. The summed E-state index contributed by atoms with van der Waals surface area (Å²) < 4.78 is 28.6. The number of anilines is 4. The van der Waals surface area contributed by atoms with Crippen LogP contribution in [0.2, 0.25) is 0 Å². The number of rotatable bonds is 7. The minimum Gasteiger partial charge on any atom is -0.309 e. The van der Waals surface area contributed by atoms with Crippen molar-refractivity contribution in [3.8, 4) is 33.6 Å². The lowest BCUT2D eigenvalue weighted by Crippen LogP contribution is -2.23. The first-order chi connectivity index (χ1) is 36.1. The molecule has 15 rings (SSSR count). The van der Waals surface area contributed by atoms with Gasteiger partial charge in [0, 0.05) is 43.7 Å². The van der Waals surface area contributed by atoms with E-state index in [1.165, 1.54) is 32.6 Å². The van der Waals surface area contributed by atoms with Crippen LogP contribution in [-0.2, 0) is 4.57 Å². The van der Waals surface area contributed by atoms with Crippen LogP contribution in [0.5, 0.6) is 0 Å². The van der Waals surface area contributed by atoms with Crippen molar-refractivity contribution in [2.75, 3.05) is 9.34 Å². The van der Waals surface area contributed by atoms with Crippen LogP contribution in [0, 0.1) is 0 Å². The maximum absolute atomic E-state index is 17.6. The number of benzene rings is 11. The molecule has 7 heteroatoms. The van der Waals surface area contributed by atoms with E-state index in [1.807, 2.05) is 48.5 Å². The van der Waals surface area contributed by atoms with Gasteiger partial charge in [0.15, 0.2) is 0 Å². The van der Waals surface area contributed by atoms with Gasteiger partial charge in [-0.3, -0.25) is 13.7 Å². The molecule has 0 radical (unpaired) electrons. The van der Waals surface area contributed by atoms with Gasteiger partial charge in [-0.2, -0.15) is 0 Å². The van der Waals surface area contributed by atoms with E-state index in [0.717, 1.165) is 89.2 Å². The number of para-hydroxylation sites is 8. The molecule has 0 N–H and O–H groups in total. The Morgan fingerprint density at radius 2 is 0.575 bits per heavy atom. The van der Waals surface area contributed by atoms with Gasteiger partial charge in [-0.1, -0.05) is 158 Å². The molecule has 0 aliphatic carbocycles. The topological polar surface area (TPSA) is 38.3 Å². The molecule has 11 aromatic carbocycles. The largest absolute Gasteiger partial charge is 0.374 e. The summed E-state index contributed by atoms with van der Waals surface area (Å²) in [7, 11) is -3.89. The molecule has 4 heterocycles. The summed E-state index contributed by atoms with van der Waals surface area (Å²) >= 11 is 0. The van der Waals surface area contributed by atoms with Gasteiger partial charge in [-0.15, -0.1) is 0 Å². The van der Waals surface area contributed by atoms with Crippen LogP contribution in [0.1, 0.15) is 0 Å². The van der Waals surface area contributed by atoms with Crippen LogP contribution in [-0.4, -0.2) is 13.5 Å². The van der Waals surface area contributed by atoms with E-state index in [9.17, 15) is 0 Å². The van der Waals surface area contributed by atoms with E-state index < -0.39 is 7.59 Å². The zero-order valence-electron chi connectivity index (χ0n) is 39.5. The third-order valence-electron chi connectivity index (χ3n) is 14.9. The normalized spacial score (nSPS) is 13.3. The van der Waals surface area contributed by atoms with Crippen LogP contribution in [0.3, 0.4) is 0 Å². The van der Waals surface area contributed by atoms with Gasteiger partial charge in [0.25, 0.3) is 0 Å². The maximum atomic E-state index is 17.6. The molecule has 14 aromatic rings. The van der Waals surface area contributed by atoms with Crippen molar-refractivity contribution in [1.29, 1.82) is 0 Å². The highest BCUT2D eigenvalue weighted by molar-refractivity contribution is 7.67. The van der Waals surface area contributed by atoms with Gasteiger partial charge in [-0.25, -0.2) is 4.57 Å². The summed E-state index contributed by atoms with van der Waals surface area (Å²) in [6.07, 6.45) is 0. The molecule has 1 aliphatic heterocycles. The third-order valence-corrected chi connectivity index (χ3v) is 17.8. The van der Waals surface area contributed by atoms with Gasteiger partial charge in [0.1, 0.15) is 0 Å². The van der Waals surface area contributed by atoms with E-state index >= 15 is 4.57 Å². The number of nitrogens with zero attached hydrogens (tertiary/aromatic N) is 5. The molecule has 0 spiro atoms. The van der Waals surface area contributed by atoms with Gasteiger partial charge in [0.05, 0.1) is 55.8 Å². The third kappa shape index (κ3) is 6.15. The SMILES string of the molecule is O=P1(n2c3ccc(-c4ccc5c6ccccc6n(-c6ccccc6)c5c4)cc3c3cc(-c4ccc5c6ccccc6n(-c6ccccc6)c5c4)ccc32)N(c2ccccc2)c2ccccc2N1c1ccccc1. The molecule has 0 fully saturated rings. The highest BCUT2D eigenvalue weighted by atomic mass is 31.2.